The van der Waals surface area contributed by atoms with Crippen molar-refractivity contribution in [3.8, 4) is 0 Å². The summed E-state index contributed by atoms with van der Waals surface area (Å²) < 4.78 is 0. The summed E-state index contributed by atoms with van der Waals surface area (Å²) in [6.45, 7) is 0.0239. The molecule has 1 aromatic rings. The average Bonchev–Trinajstić information content (AvgIpc) is 2.07. The smallest absolute Gasteiger partial charge is 1.00 e. The van der Waals surface area contributed by atoms with E-state index in [1.54, 1.807) is 0 Å². The molecule has 1 aromatic carbocycles. The molecule has 0 saturated heterocycles. The van der Waals surface area contributed by atoms with Gasteiger partial charge in [0.1, 0.15) is 0 Å². The van der Waals surface area contributed by atoms with Crippen molar-refractivity contribution >= 4 is 0 Å². The first-order valence-electron chi connectivity index (χ1n) is 3.68. The number of hydrogen-bond donors (Lipinski definition) is 2. The minimum absolute atomic E-state index is 0. The Labute approximate surface area is 126 Å². The van der Waals surface area contributed by atoms with Gasteiger partial charge in [0.25, 0.3) is 0 Å². The zero-order valence-corrected chi connectivity index (χ0v) is 12.3. The molecule has 0 fully saturated rings. The molecule has 0 aliphatic heterocycles. The third-order valence-electron chi connectivity index (χ3n) is 1.59. The van der Waals surface area contributed by atoms with Crippen LogP contribution >= 0.6 is 0 Å². The maximum atomic E-state index is 9.36. The second-order valence-electron chi connectivity index (χ2n) is 2.44. The molecule has 0 aromatic heterocycles. The predicted molar refractivity (Wildman–Crippen MR) is 45.3 cm³/mol. The van der Waals surface area contributed by atoms with E-state index in [1.807, 2.05) is 30.3 Å². The fourth-order valence-electron chi connectivity index (χ4n) is 0.964. The van der Waals surface area contributed by atoms with E-state index in [4.69, 9.17) is 5.11 Å². The van der Waals surface area contributed by atoms with Crippen molar-refractivity contribution in [1.29, 1.82) is 0 Å². The van der Waals surface area contributed by atoms with Crippen molar-refractivity contribution in [3.63, 3.8) is 0 Å². The summed E-state index contributed by atoms with van der Waals surface area (Å²) in [7, 11) is 0. The summed E-state index contributed by atoms with van der Waals surface area (Å²) in [4.78, 5) is 0. The Morgan fingerprint density at radius 3 is 2.15 bits per heavy atom. The number of hydrogen-bond acceptors (Lipinski definition) is 2. The van der Waals surface area contributed by atoms with Gasteiger partial charge in [-0.2, -0.15) is 0 Å². The van der Waals surface area contributed by atoms with Crippen molar-refractivity contribution in [2.45, 2.75) is 12.5 Å². The molecule has 0 aliphatic carbocycles. The summed E-state index contributed by atoms with van der Waals surface area (Å²) in [5.41, 5.74) is 0.863. The molecule has 2 N–H and O–H groups in total. The molecule has 0 saturated carbocycles. The molecule has 2 nitrogen and oxygen atoms in total. The van der Waals surface area contributed by atoms with E-state index in [9.17, 15) is 5.11 Å². The summed E-state index contributed by atoms with van der Waals surface area (Å²) in [5.74, 6) is 0. The average molecular weight is 200 g/mol. The third kappa shape index (κ3) is 6.26. The van der Waals surface area contributed by atoms with Gasteiger partial charge in [0.2, 0.25) is 0 Å². The molecule has 0 aliphatic rings. The van der Waals surface area contributed by atoms with Crippen LogP contribution < -0.4 is 59.1 Å². The van der Waals surface area contributed by atoms with Crippen LogP contribution in [0, 0.1) is 0 Å². The van der Waals surface area contributed by atoms with Crippen LogP contribution in [0.4, 0.5) is 0 Å². The van der Waals surface area contributed by atoms with Crippen LogP contribution in [-0.4, -0.2) is 16.8 Å². The van der Waals surface area contributed by atoms with Gasteiger partial charge in [0.15, 0.2) is 0 Å². The minimum Gasteiger partial charge on any atom is -1.00 e. The monoisotopic (exact) mass is 200 g/mol. The van der Waals surface area contributed by atoms with E-state index in [2.05, 4.69) is 0 Å². The first kappa shape index (κ1) is 16.6. The molecule has 4 heteroatoms. The Hall–Kier alpha value is 1.14. The molecule has 0 heterocycles. The van der Waals surface area contributed by atoms with Gasteiger partial charge in [-0.25, -0.2) is 0 Å². The molecule has 0 radical (unpaired) electrons. The molecule has 1 atom stereocenters. The zero-order valence-electron chi connectivity index (χ0n) is 10.3. The molecule has 64 valence electrons. The SMILES string of the molecule is OCCC(O)c1ccccc1.[H-].[H-].[Na+].[Na+]. The first-order valence-corrected chi connectivity index (χ1v) is 3.68. The van der Waals surface area contributed by atoms with Gasteiger partial charge < -0.3 is 13.1 Å². The largest absolute Gasteiger partial charge is 1.00 e. The van der Waals surface area contributed by atoms with Gasteiger partial charge in [0, 0.05) is 13.0 Å². The van der Waals surface area contributed by atoms with Gasteiger partial charge in [-0.15, -0.1) is 0 Å². The molecule has 0 amide bonds. The van der Waals surface area contributed by atoms with Gasteiger partial charge in [-0.3, -0.25) is 0 Å². The number of aliphatic hydroxyl groups excluding tert-OH is 2. The van der Waals surface area contributed by atoms with E-state index in [0.29, 0.717) is 6.42 Å². The predicted octanol–water partition coefficient (Wildman–Crippen LogP) is -4.66. The first-order chi connectivity index (χ1) is 5.34. The van der Waals surface area contributed by atoms with Gasteiger partial charge in [0.05, 0.1) is 6.10 Å². The number of aliphatic hydroxyl groups is 2. The second kappa shape index (κ2) is 9.69. The molecule has 0 spiro atoms. The maximum Gasteiger partial charge on any atom is 1.00 e. The van der Waals surface area contributed by atoms with Crippen molar-refractivity contribution in [2.75, 3.05) is 6.61 Å². The van der Waals surface area contributed by atoms with E-state index in [0.717, 1.165) is 5.56 Å². The van der Waals surface area contributed by atoms with Gasteiger partial charge >= 0.3 is 59.1 Å². The van der Waals surface area contributed by atoms with Crippen LogP contribution in [0.15, 0.2) is 30.3 Å². The molecule has 1 unspecified atom stereocenters. The van der Waals surface area contributed by atoms with Crippen molar-refractivity contribution in [2.24, 2.45) is 0 Å². The summed E-state index contributed by atoms with van der Waals surface area (Å²) in [6, 6.07) is 9.33. The van der Waals surface area contributed by atoms with Crippen molar-refractivity contribution < 1.29 is 72.2 Å². The van der Waals surface area contributed by atoms with E-state index < -0.39 is 6.10 Å². The van der Waals surface area contributed by atoms with Crippen molar-refractivity contribution in [1.82, 2.24) is 0 Å². The standard InChI is InChI=1S/C9H12O2.2Na.2H/c10-7-6-9(11)8-4-2-1-3-5-8;;;;/h1-5,9-11H,6-7H2;;;;/q;2*+1;2*-1. The number of rotatable bonds is 3. The van der Waals surface area contributed by atoms with Crippen LogP contribution in [0.5, 0.6) is 0 Å². The van der Waals surface area contributed by atoms with Crippen LogP contribution in [0.3, 0.4) is 0 Å². The summed E-state index contributed by atoms with van der Waals surface area (Å²) in [5, 5.41) is 17.9. The van der Waals surface area contributed by atoms with Crippen LogP contribution in [0.25, 0.3) is 0 Å². The van der Waals surface area contributed by atoms with Gasteiger partial charge in [-0.05, 0) is 5.56 Å². The molecule has 13 heavy (non-hydrogen) atoms. The Morgan fingerprint density at radius 1 is 1.15 bits per heavy atom. The maximum absolute atomic E-state index is 9.36. The third-order valence-corrected chi connectivity index (χ3v) is 1.59. The van der Waals surface area contributed by atoms with E-state index >= 15 is 0 Å². The molecule has 0 bridgehead atoms. The summed E-state index contributed by atoms with van der Waals surface area (Å²) in [6.07, 6.45) is -0.120. The Balaban J connectivity index is -0.000000151. The van der Waals surface area contributed by atoms with E-state index in [-0.39, 0.29) is 68.6 Å². The second-order valence-corrected chi connectivity index (χ2v) is 2.44. The van der Waals surface area contributed by atoms with Crippen LogP contribution in [0.2, 0.25) is 0 Å². The fraction of sp³-hybridized carbons (Fsp3) is 0.333. The Kier molecular flexibility index (Phi) is 12.3. The number of benzene rings is 1. The normalized spacial score (nSPS) is 10.9. The van der Waals surface area contributed by atoms with Crippen LogP contribution in [-0.2, 0) is 0 Å². The fourth-order valence-corrected chi connectivity index (χ4v) is 0.964. The van der Waals surface area contributed by atoms with E-state index in [1.165, 1.54) is 0 Å². The minimum atomic E-state index is -0.527. The summed E-state index contributed by atoms with van der Waals surface area (Å²) >= 11 is 0. The molecule has 1 rings (SSSR count). The quantitative estimate of drug-likeness (QED) is 0.482. The topological polar surface area (TPSA) is 40.5 Å². The molecular formula is C9H14Na2O2. The Morgan fingerprint density at radius 2 is 1.69 bits per heavy atom. The van der Waals surface area contributed by atoms with Crippen LogP contribution in [0.1, 0.15) is 20.9 Å². The zero-order chi connectivity index (χ0) is 8.10. The Bertz CT molecular complexity index is 213. The molecular weight excluding hydrogens is 186 g/mol. The van der Waals surface area contributed by atoms with Crippen molar-refractivity contribution in [3.05, 3.63) is 35.9 Å². The van der Waals surface area contributed by atoms with Gasteiger partial charge in [-0.1, -0.05) is 30.3 Å².